The summed E-state index contributed by atoms with van der Waals surface area (Å²) in [4.78, 5) is 11.1. The van der Waals surface area contributed by atoms with Gasteiger partial charge in [-0.1, -0.05) is 29.8 Å². The average Bonchev–Trinajstić information content (AvgIpc) is 2.64. The molecule has 1 aromatic carbocycles. The van der Waals surface area contributed by atoms with E-state index in [0.29, 0.717) is 18.3 Å². The molecule has 26 heavy (non-hydrogen) atoms. The molecule has 140 valence electrons. The van der Waals surface area contributed by atoms with Crippen LogP contribution in [0.1, 0.15) is 11.6 Å². The number of halogens is 2. The van der Waals surface area contributed by atoms with Gasteiger partial charge >= 0.3 is 0 Å². The highest BCUT2D eigenvalue weighted by Gasteiger charge is 2.22. The number of hydrogen-bond acceptors (Lipinski definition) is 4. The second kappa shape index (κ2) is 10.7. The first-order valence-electron chi connectivity index (χ1n) is 8.27. The summed E-state index contributed by atoms with van der Waals surface area (Å²) in [6, 6.07) is 13.6. The topological polar surface area (TPSA) is 75.8 Å². The number of aromatic nitrogens is 1. The van der Waals surface area contributed by atoms with E-state index in [2.05, 4.69) is 26.3 Å². The Labute approximate surface area is 175 Å². The van der Waals surface area contributed by atoms with Gasteiger partial charge in [-0.15, -0.1) is 24.0 Å². The minimum absolute atomic E-state index is 0. The molecule has 3 N–H and O–H groups in total. The summed E-state index contributed by atoms with van der Waals surface area (Å²) >= 11 is 6.17. The van der Waals surface area contributed by atoms with Crippen molar-refractivity contribution in [3.8, 4) is 0 Å². The minimum Gasteiger partial charge on any atom is -0.379 e. The quantitative estimate of drug-likeness (QED) is 0.385. The molecule has 1 aromatic heterocycles. The predicted octanol–water partition coefficient (Wildman–Crippen LogP) is 3.15. The Morgan fingerprint density at radius 1 is 1.27 bits per heavy atom. The molecule has 6 nitrogen and oxygen atoms in total. The van der Waals surface area contributed by atoms with Crippen LogP contribution in [0.5, 0.6) is 0 Å². The number of ether oxygens (including phenoxy) is 1. The first-order valence-corrected chi connectivity index (χ1v) is 8.65. The molecule has 1 fully saturated rings. The van der Waals surface area contributed by atoms with E-state index in [9.17, 15) is 0 Å². The van der Waals surface area contributed by atoms with E-state index in [1.165, 1.54) is 0 Å². The SMILES string of the molecule is I.NC(=NCC(c1cccc(Cl)c1)N1CCOCC1)Nc1ccccn1. The fourth-order valence-electron chi connectivity index (χ4n) is 2.83. The van der Waals surface area contributed by atoms with Gasteiger partial charge in [-0.05, 0) is 29.8 Å². The molecule has 1 atom stereocenters. The summed E-state index contributed by atoms with van der Waals surface area (Å²) in [5.41, 5.74) is 7.15. The first kappa shape index (κ1) is 20.9. The van der Waals surface area contributed by atoms with Gasteiger partial charge in [-0.3, -0.25) is 9.89 Å². The van der Waals surface area contributed by atoms with E-state index in [4.69, 9.17) is 22.1 Å². The molecule has 0 saturated carbocycles. The van der Waals surface area contributed by atoms with Crippen LogP contribution in [0.2, 0.25) is 5.02 Å². The number of nitrogens with two attached hydrogens (primary N) is 1. The predicted molar refractivity (Wildman–Crippen MR) is 116 cm³/mol. The van der Waals surface area contributed by atoms with Crippen molar-refractivity contribution in [1.82, 2.24) is 9.88 Å². The number of nitrogens with zero attached hydrogens (tertiary/aromatic N) is 3. The van der Waals surface area contributed by atoms with E-state index < -0.39 is 0 Å². The fourth-order valence-corrected chi connectivity index (χ4v) is 3.03. The maximum Gasteiger partial charge on any atom is 0.194 e. The highest BCUT2D eigenvalue weighted by atomic mass is 127. The lowest BCUT2D eigenvalue weighted by atomic mass is 10.0. The lowest BCUT2D eigenvalue weighted by Crippen LogP contribution is -2.40. The molecule has 2 aromatic rings. The summed E-state index contributed by atoms with van der Waals surface area (Å²) in [7, 11) is 0. The van der Waals surface area contributed by atoms with Crippen molar-refractivity contribution >= 4 is 47.4 Å². The number of guanidine groups is 1. The van der Waals surface area contributed by atoms with Gasteiger partial charge < -0.3 is 15.8 Å². The van der Waals surface area contributed by atoms with E-state index in [0.717, 1.165) is 36.9 Å². The van der Waals surface area contributed by atoms with Gasteiger partial charge in [0.1, 0.15) is 5.82 Å². The van der Waals surface area contributed by atoms with Gasteiger partial charge in [-0.2, -0.15) is 0 Å². The largest absolute Gasteiger partial charge is 0.379 e. The van der Waals surface area contributed by atoms with Gasteiger partial charge in [0.15, 0.2) is 5.96 Å². The van der Waals surface area contributed by atoms with Gasteiger partial charge in [0.05, 0.1) is 25.8 Å². The lowest BCUT2D eigenvalue weighted by Gasteiger charge is -2.34. The molecule has 0 amide bonds. The number of aliphatic imine (C=N–C) groups is 1. The van der Waals surface area contributed by atoms with Gasteiger partial charge in [0, 0.05) is 24.3 Å². The molecule has 0 bridgehead atoms. The van der Waals surface area contributed by atoms with Crippen molar-refractivity contribution in [2.45, 2.75) is 6.04 Å². The van der Waals surface area contributed by atoms with Crippen molar-refractivity contribution in [1.29, 1.82) is 0 Å². The monoisotopic (exact) mass is 487 g/mol. The third-order valence-electron chi connectivity index (χ3n) is 4.08. The summed E-state index contributed by atoms with van der Waals surface area (Å²) in [5.74, 6) is 1.02. The Bertz CT molecular complexity index is 710. The maximum absolute atomic E-state index is 6.17. The first-order chi connectivity index (χ1) is 12.2. The number of pyridine rings is 1. The second-order valence-electron chi connectivity index (χ2n) is 5.79. The number of nitrogens with one attached hydrogen (secondary N) is 1. The summed E-state index contributed by atoms with van der Waals surface area (Å²) in [6.45, 7) is 3.71. The number of morpholine rings is 1. The molecule has 1 aliphatic heterocycles. The van der Waals surface area contributed by atoms with Gasteiger partial charge in [0.25, 0.3) is 0 Å². The van der Waals surface area contributed by atoms with E-state index >= 15 is 0 Å². The Morgan fingerprint density at radius 2 is 2.08 bits per heavy atom. The maximum atomic E-state index is 6.17. The van der Waals surface area contributed by atoms with E-state index in [1.54, 1.807) is 6.20 Å². The van der Waals surface area contributed by atoms with Gasteiger partial charge in [-0.25, -0.2) is 4.98 Å². The molecular formula is C18H23ClIN5O. The van der Waals surface area contributed by atoms with Crippen LogP contribution in [-0.2, 0) is 4.74 Å². The zero-order valence-electron chi connectivity index (χ0n) is 14.3. The number of benzene rings is 1. The van der Waals surface area contributed by atoms with Crippen LogP contribution in [0.15, 0.2) is 53.7 Å². The third-order valence-corrected chi connectivity index (χ3v) is 4.31. The molecule has 1 unspecified atom stereocenters. The summed E-state index contributed by atoms with van der Waals surface area (Å²) < 4.78 is 5.47. The molecule has 0 spiro atoms. The fraction of sp³-hybridized carbons (Fsp3) is 0.333. The second-order valence-corrected chi connectivity index (χ2v) is 6.22. The highest BCUT2D eigenvalue weighted by Crippen LogP contribution is 2.24. The van der Waals surface area contributed by atoms with Crippen LogP contribution < -0.4 is 11.1 Å². The zero-order valence-corrected chi connectivity index (χ0v) is 17.4. The molecule has 1 saturated heterocycles. The Balaban J connectivity index is 0.00000243. The highest BCUT2D eigenvalue weighted by molar-refractivity contribution is 14.0. The van der Waals surface area contributed by atoms with Crippen LogP contribution in [0.3, 0.4) is 0 Å². The molecule has 3 rings (SSSR count). The van der Waals surface area contributed by atoms with E-state index in [-0.39, 0.29) is 30.0 Å². The van der Waals surface area contributed by atoms with Crippen LogP contribution in [0.4, 0.5) is 5.82 Å². The van der Waals surface area contributed by atoms with Crippen LogP contribution in [-0.4, -0.2) is 48.7 Å². The molecule has 0 radical (unpaired) electrons. The molecule has 1 aliphatic rings. The van der Waals surface area contributed by atoms with Crippen molar-refractivity contribution in [2.75, 3.05) is 38.2 Å². The molecule has 8 heteroatoms. The Hall–Kier alpha value is -1.42. The number of rotatable bonds is 5. The summed E-state index contributed by atoms with van der Waals surface area (Å²) in [5, 5.41) is 3.73. The van der Waals surface area contributed by atoms with Crippen molar-refractivity contribution in [3.05, 3.63) is 59.2 Å². The summed E-state index contributed by atoms with van der Waals surface area (Å²) in [6.07, 6.45) is 1.71. The van der Waals surface area contributed by atoms with Crippen LogP contribution in [0, 0.1) is 0 Å². The molecule has 0 aliphatic carbocycles. The zero-order chi connectivity index (χ0) is 17.5. The lowest BCUT2D eigenvalue weighted by molar-refractivity contribution is 0.0180. The van der Waals surface area contributed by atoms with Crippen LogP contribution >= 0.6 is 35.6 Å². The molecular weight excluding hydrogens is 465 g/mol. The minimum atomic E-state index is 0. The van der Waals surface area contributed by atoms with E-state index in [1.807, 2.05) is 36.4 Å². The molecule has 2 heterocycles. The smallest absolute Gasteiger partial charge is 0.194 e. The third kappa shape index (κ3) is 6.08. The normalized spacial score (nSPS) is 16.6. The van der Waals surface area contributed by atoms with Gasteiger partial charge in [0.2, 0.25) is 0 Å². The Kier molecular flexibility index (Phi) is 8.56. The standard InChI is InChI=1S/C18H22ClN5O.HI/c19-15-5-3-4-14(12-15)16(24-8-10-25-11-9-24)13-22-18(20)23-17-6-1-2-7-21-17;/h1-7,12,16H,8-11,13H2,(H3,20,21,22,23);1H. The van der Waals surface area contributed by atoms with Crippen molar-refractivity contribution in [2.24, 2.45) is 10.7 Å². The Morgan fingerprint density at radius 3 is 2.77 bits per heavy atom. The van der Waals surface area contributed by atoms with Crippen molar-refractivity contribution in [3.63, 3.8) is 0 Å². The number of anilines is 1. The average molecular weight is 488 g/mol. The number of hydrogen-bond donors (Lipinski definition) is 2. The van der Waals surface area contributed by atoms with Crippen molar-refractivity contribution < 1.29 is 4.74 Å². The van der Waals surface area contributed by atoms with Crippen LogP contribution in [0.25, 0.3) is 0 Å².